The summed E-state index contributed by atoms with van der Waals surface area (Å²) in [7, 11) is 0. The number of nitrogens with two attached hydrogens (primary N) is 1. The Morgan fingerprint density at radius 3 is 2.59 bits per heavy atom. The van der Waals surface area contributed by atoms with E-state index in [2.05, 4.69) is 53.5 Å². The Bertz CT molecular complexity index is 512. The molecule has 5 heteroatoms. The van der Waals surface area contributed by atoms with E-state index in [4.69, 9.17) is 5.73 Å². The Morgan fingerprint density at radius 2 is 1.91 bits per heavy atom. The number of aromatic nitrogens is 2. The van der Waals surface area contributed by atoms with E-state index in [1.807, 2.05) is 10.9 Å². The van der Waals surface area contributed by atoms with Gasteiger partial charge in [-0.05, 0) is 18.4 Å². The minimum absolute atomic E-state index is 0. The van der Waals surface area contributed by atoms with Gasteiger partial charge in [0.1, 0.15) is 0 Å². The SMILES string of the molecule is CCCn1cc(CN(CCN)CCc2ccccc2)cn1.Cl. The van der Waals surface area contributed by atoms with Crippen molar-refractivity contribution < 1.29 is 0 Å². The molecule has 122 valence electrons. The zero-order chi connectivity index (χ0) is 14.9. The van der Waals surface area contributed by atoms with E-state index < -0.39 is 0 Å². The third-order valence-corrected chi connectivity index (χ3v) is 3.55. The zero-order valence-electron chi connectivity index (χ0n) is 13.3. The summed E-state index contributed by atoms with van der Waals surface area (Å²) in [5.41, 5.74) is 8.39. The first-order chi connectivity index (χ1) is 10.3. The van der Waals surface area contributed by atoms with E-state index in [-0.39, 0.29) is 12.4 Å². The molecule has 0 saturated carbocycles. The number of rotatable bonds is 9. The molecular weight excluding hydrogens is 296 g/mol. The maximum Gasteiger partial charge on any atom is 0.0534 e. The van der Waals surface area contributed by atoms with Crippen LogP contribution in [0.3, 0.4) is 0 Å². The van der Waals surface area contributed by atoms with Crippen LogP contribution in [0.15, 0.2) is 42.7 Å². The lowest BCUT2D eigenvalue weighted by atomic mass is 10.1. The summed E-state index contributed by atoms with van der Waals surface area (Å²) in [5.74, 6) is 0. The Kier molecular flexibility index (Phi) is 8.82. The van der Waals surface area contributed by atoms with E-state index in [9.17, 15) is 0 Å². The van der Waals surface area contributed by atoms with Gasteiger partial charge in [0.25, 0.3) is 0 Å². The molecule has 0 unspecified atom stereocenters. The van der Waals surface area contributed by atoms with Gasteiger partial charge in [0.05, 0.1) is 6.20 Å². The van der Waals surface area contributed by atoms with Crippen LogP contribution in [0.25, 0.3) is 0 Å². The van der Waals surface area contributed by atoms with E-state index in [1.54, 1.807) is 0 Å². The summed E-state index contributed by atoms with van der Waals surface area (Å²) in [6.07, 6.45) is 6.29. The molecular formula is C17H27ClN4. The van der Waals surface area contributed by atoms with E-state index >= 15 is 0 Å². The highest BCUT2D eigenvalue weighted by molar-refractivity contribution is 5.85. The van der Waals surface area contributed by atoms with Crippen molar-refractivity contribution >= 4 is 12.4 Å². The third-order valence-electron chi connectivity index (χ3n) is 3.55. The molecule has 0 atom stereocenters. The Morgan fingerprint density at radius 1 is 1.14 bits per heavy atom. The Labute approximate surface area is 139 Å². The largest absolute Gasteiger partial charge is 0.329 e. The molecule has 1 aromatic carbocycles. The number of nitrogens with zero attached hydrogens (tertiary/aromatic N) is 3. The van der Waals surface area contributed by atoms with Crippen LogP contribution in [0.2, 0.25) is 0 Å². The molecule has 4 nitrogen and oxygen atoms in total. The van der Waals surface area contributed by atoms with Gasteiger partial charge in [-0.25, -0.2) is 0 Å². The molecule has 0 aliphatic heterocycles. The first kappa shape index (κ1) is 18.7. The number of hydrogen-bond donors (Lipinski definition) is 1. The number of aryl methyl sites for hydroxylation is 1. The zero-order valence-corrected chi connectivity index (χ0v) is 14.1. The predicted molar refractivity (Wildman–Crippen MR) is 94.2 cm³/mol. The maximum absolute atomic E-state index is 5.74. The van der Waals surface area contributed by atoms with Crippen molar-refractivity contribution in [1.29, 1.82) is 0 Å². The minimum atomic E-state index is 0. The summed E-state index contributed by atoms with van der Waals surface area (Å²) in [6, 6.07) is 10.6. The van der Waals surface area contributed by atoms with Crippen molar-refractivity contribution in [2.45, 2.75) is 32.9 Å². The first-order valence-electron chi connectivity index (χ1n) is 7.79. The fourth-order valence-corrected chi connectivity index (χ4v) is 2.48. The maximum atomic E-state index is 5.74. The van der Waals surface area contributed by atoms with Crippen molar-refractivity contribution in [3.05, 3.63) is 53.9 Å². The molecule has 0 saturated heterocycles. The van der Waals surface area contributed by atoms with E-state index in [1.165, 1.54) is 11.1 Å². The fourth-order valence-electron chi connectivity index (χ4n) is 2.48. The second-order valence-corrected chi connectivity index (χ2v) is 5.41. The highest BCUT2D eigenvalue weighted by Gasteiger charge is 2.07. The fraction of sp³-hybridized carbons (Fsp3) is 0.471. The summed E-state index contributed by atoms with van der Waals surface area (Å²) < 4.78 is 2.02. The van der Waals surface area contributed by atoms with Gasteiger partial charge in [0, 0.05) is 44.5 Å². The van der Waals surface area contributed by atoms with Crippen LogP contribution < -0.4 is 5.73 Å². The lowest BCUT2D eigenvalue weighted by Gasteiger charge is -2.20. The molecule has 1 heterocycles. The van der Waals surface area contributed by atoms with Crippen LogP contribution in [-0.2, 0) is 19.5 Å². The first-order valence-corrected chi connectivity index (χ1v) is 7.79. The smallest absolute Gasteiger partial charge is 0.0534 e. The van der Waals surface area contributed by atoms with Crippen molar-refractivity contribution in [1.82, 2.24) is 14.7 Å². The average Bonchev–Trinajstić information content (AvgIpc) is 2.94. The summed E-state index contributed by atoms with van der Waals surface area (Å²) in [5, 5.41) is 4.40. The molecule has 0 aliphatic carbocycles. The highest BCUT2D eigenvalue weighted by atomic mass is 35.5. The molecule has 0 spiro atoms. The standard InChI is InChI=1S/C17H26N4.ClH/c1-2-10-21-15-17(13-19-21)14-20(12-9-18)11-8-16-6-4-3-5-7-16;/h3-7,13,15H,2,8-12,14,18H2,1H3;1H. The minimum Gasteiger partial charge on any atom is -0.329 e. The molecule has 22 heavy (non-hydrogen) atoms. The van der Waals surface area contributed by atoms with Gasteiger partial charge in [-0.1, -0.05) is 37.3 Å². The van der Waals surface area contributed by atoms with Gasteiger partial charge in [-0.15, -0.1) is 12.4 Å². The number of hydrogen-bond acceptors (Lipinski definition) is 3. The quantitative estimate of drug-likeness (QED) is 0.772. The van der Waals surface area contributed by atoms with E-state index in [0.29, 0.717) is 6.54 Å². The topological polar surface area (TPSA) is 47.1 Å². The molecule has 0 aliphatic rings. The van der Waals surface area contributed by atoms with Gasteiger partial charge in [-0.3, -0.25) is 9.58 Å². The van der Waals surface area contributed by atoms with Crippen LogP contribution in [0.5, 0.6) is 0 Å². The van der Waals surface area contributed by atoms with Crippen molar-refractivity contribution in [2.75, 3.05) is 19.6 Å². The van der Waals surface area contributed by atoms with Gasteiger partial charge in [-0.2, -0.15) is 5.10 Å². The molecule has 2 aromatic rings. The second-order valence-electron chi connectivity index (χ2n) is 5.41. The highest BCUT2D eigenvalue weighted by Crippen LogP contribution is 2.07. The van der Waals surface area contributed by atoms with Crippen molar-refractivity contribution in [3.8, 4) is 0 Å². The van der Waals surface area contributed by atoms with Crippen LogP contribution >= 0.6 is 12.4 Å². The van der Waals surface area contributed by atoms with Gasteiger partial charge >= 0.3 is 0 Å². The Hall–Kier alpha value is -1.36. The van der Waals surface area contributed by atoms with E-state index in [0.717, 1.165) is 39.0 Å². The lowest BCUT2D eigenvalue weighted by Crippen LogP contribution is -2.30. The van der Waals surface area contributed by atoms with Crippen molar-refractivity contribution in [3.63, 3.8) is 0 Å². The summed E-state index contributed by atoms with van der Waals surface area (Å²) >= 11 is 0. The van der Waals surface area contributed by atoms with Crippen LogP contribution in [0, 0.1) is 0 Å². The predicted octanol–water partition coefficient (Wildman–Crippen LogP) is 2.72. The molecule has 0 radical (unpaired) electrons. The summed E-state index contributed by atoms with van der Waals surface area (Å²) in [4.78, 5) is 2.40. The molecule has 2 rings (SSSR count). The van der Waals surface area contributed by atoms with Crippen molar-refractivity contribution in [2.24, 2.45) is 5.73 Å². The number of benzene rings is 1. The molecule has 1 aromatic heterocycles. The average molecular weight is 323 g/mol. The van der Waals surface area contributed by atoms with Gasteiger partial charge in [0.2, 0.25) is 0 Å². The normalized spacial score (nSPS) is 10.7. The van der Waals surface area contributed by atoms with Gasteiger partial charge < -0.3 is 5.73 Å². The van der Waals surface area contributed by atoms with Crippen LogP contribution in [-0.4, -0.2) is 34.3 Å². The van der Waals surface area contributed by atoms with Crippen LogP contribution in [0.4, 0.5) is 0 Å². The van der Waals surface area contributed by atoms with Crippen LogP contribution in [0.1, 0.15) is 24.5 Å². The third kappa shape index (κ3) is 6.18. The summed E-state index contributed by atoms with van der Waals surface area (Å²) in [6.45, 7) is 6.72. The number of halogens is 1. The molecule has 2 N–H and O–H groups in total. The molecule has 0 bridgehead atoms. The lowest BCUT2D eigenvalue weighted by molar-refractivity contribution is 0.276. The molecule has 0 amide bonds. The second kappa shape index (κ2) is 10.4. The molecule has 0 fully saturated rings. The monoisotopic (exact) mass is 322 g/mol. The Balaban J connectivity index is 0.00000242. The van der Waals surface area contributed by atoms with Gasteiger partial charge in [0.15, 0.2) is 0 Å².